The number of anilines is 1. The molecule has 1 aliphatic rings. The lowest BCUT2D eigenvalue weighted by Crippen LogP contribution is -2.48. The van der Waals surface area contributed by atoms with E-state index in [9.17, 15) is 8.42 Å². The van der Waals surface area contributed by atoms with Crippen molar-refractivity contribution in [3.63, 3.8) is 0 Å². The highest BCUT2D eigenvalue weighted by Gasteiger charge is 2.25. The van der Waals surface area contributed by atoms with Gasteiger partial charge in [0.25, 0.3) is 0 Å². The molecular formula is C12H16BrClN2O2S. The molecule has 1 heterocycles. The van der Waals surface area contributed by atoms with Crippen LogP contribution in [0, 0.1) is 0 Å². The van der Waals surface area contributed by atoms with Crippen LogP contribution in [0.4, 0.5) is 5.69 Å². The Morgan fingerprint density at radius 1 is 1.26 bits per heavy atom. The van der Waals surface area contributed by atoms with Crippen molar-refractivity contribution in [1.82, 2.24) is 4.31 Å². The third-order valence-corrected chi connectivity index (χ3v) is 5.45. The van der Waals surface area contributed by atoms with Crippen LogP contribution in [0.25, 0.3) is 0 Å². The second-order valence-corrected chi connectivity index (χ2v) is 7.48. The van der Waals surface area contributed by atoms with E-state index in [2.05, 4.69) is 20.8 Å². The maximum atomic E-state index is 11.5. The van der Waals surface area contributed by atoms with E-state index in [1.165, 1.54) is 10.6 Å². The Balaban J connectivity index is 2.18. The lowest BCUT2D eigenvalue weighted by molar-refractivity contribution is 0.388. The molecule has 1 fully saturated rings. The maximum Gasteiger partial charge on any atom is 0.211 e. The minimum atomic E-state index is -3.09. The topological polar surface area (TPSA) is 40.6 Å². The summed E-state index contributed by atoms with van der Waals surface area (Å²) in [6.45, 7) is 2.34. The molecule has 0 N–H and O–H groups in total. The Morgan fingerprint density at radius 2 is 1.89 bits per heavy atom. The molecule has 1 aromatic rings. The molecular weight excluding hydrogens is 352 g/mol. The number of para-hydroxylation sites is 1. The minimum absolute atomic E-state index is 0.506. The van der Waals surface area contributed by atoms with Crippen LogP contribution in [0.2, 0.25) is 5.02 Å². The van der Waals surface area contributed by atoms with Crippen molar-refractivity contribution in [2.45, 2.75) is 5.33 Å². The molecule has 19 heavy (non-hydrogen) atoms. The molecule has 0 aromatic heterocycles. The molecule has 0 aliphatic carbocycles. The van der Waals surface area contributed by atoms with Gasteiger partial charge in [-0.05, 0) is 11.6 Å². The van der Waals surface area contributed by atoms with Crippen LogP contribution < -0.4 is 4.90 Å². The Morgan fingerprint density at radius 3 is 2.42 bits per heavy atom. The number of rotatable bonds is 3. The quantitative estimate of drug-likeness (QED) is 0.770. The van der Waals surface area contributed by atoms with Crippen molar-refractivity contribution in [2.24, 2.45) is 0 Å². The SMILES string of the molecule is CS(=O)(=O)N1CCN(c2c(Cl)cccc2CBr)CC1. The van der Waals surface area contributed by atoms with Crippen LogP contribution in [0.15, 0.2) is 18.2 Å². The molecule has 1 aromatic carbocycles. The van der Waals surface area contributed by atoms with Crippen LogP contribution >= 0.6 is 27.5 Å². The van der Waals surface area contributed by atoms with Gasteiger partial charge in [-0.25, -0.2) is 8.42 Å². The summed E-state index contributed by atoms with van der Waals surface area (Å²) in [6.07, 6.45) is 1.25. The predicted molar refractivity (Wildman–Crippen MR) is 82.7 cm³/mol. The molecule has 0 bridgehead atoms. The van der Waals surface area contributed by atoms with E-state index in [4.69, 9.17) is 11.6 Å². The normalized spacial score (nSPS) is 17.7. The van der Waals surface area contributed by atoms with Crippen LogP contribution in [0.3, 0.4) is 0 Å². The van der Waals surface area contributed by atoms with E-state index in [1.54, 1.807) is 0 Å². The lowest BCUT2D eigenvalue weighted by Gasteiger charge is -2.36. The summed E-state index contributed by atoms with van der Waals surface area (Å²) in [7, 11) is -3.09. The minimum Gasteiger partial charge on any atom is -0.367 e. The molecule has 0 saturated carbocycles. The molecule has 2 rings (SSSR count). The van der Waals surface area contributed by atoms with Gasteiger partial charge in [0.15, 0.2) is 0 Å². The van der Waals surface area contributed by atoms with Crippen molar-refractivity contribution in [2.75, 3.05) is 37.3 Å². The van der Waals surface area contributed by atoms with Crippen molar-refractivity contribution in [1.29, 1.82) is 0 Å². The van der Waals surface area contributed by atoms with Crippen molar-refractivity contribution in [3.8, 4) is 0 Å². The molecule has 0 unspecified atom stereocenters. The standard InChI is InChI=1S/C12H16BrClN2O2S/c1-19(17,18)16-7-5-15(6-8-16)12-10(9-13)3-2-4-11(12)14/h2-4H,5-9H2,1H3. The second kappa shape index (κ2) is 5.99. The summed E-state index contributed by atoms with van der Waals surface area (Å²) in [6, 6.07) is 5.82. The van der Waals surface area contributed by atoms with Crippen LogP contribution in [0.5, 0.6) is 0 Å². The molecule has 0 amide bonds. The first kappa shape index (κ1) is 15.1. The van der Waals surface area contributed by atoms with Gasteiger partial charge in [0.2, 0.25) is 10.0 Å². The molecule has 0 spiro atoms. The zero-order chi connectivity index (χ0) is 14.0. The fourth-order valence-electron chi connectivity index (χ4n) is 2.27. The van der Waals surface area contributed by atoms with Gasteiger partial charge in [-0.15, -0.1) is 0 Å². The lowest BCUT2D eigenvalue weighted by atomic mass is 10.1. The number of hydrogen-bond acceptors (Lipinski definition) is 3. The van der Waals surface area contributed by atoms with Gasteiger partial charge in [0, 0.05) is 31.5 Å². The van der Waals surface area contributed by atoms with Crippen molar-refractivity contribution < 1.29 is 8.42 Å². The molecule has 4 nitrogen and oxygen atoms in total. The molecule has 1 saturated heterocycles. The number of hydrogen-bond donors (Lipinski definition) is 0. The summed E-state index contributed by atoms with van der Waals surface area (Å²) in [5, 5.41) is 1.44. The van der Waals surface area contributed by atoms with E-state index in [0.717, 1.165) is 16.6 Å². The summed E-state index contributed by atoms with van der Waals surface area (Å²) in [5.74, 6) is 0. The first-order chi connectivity index (χ1) is 8.93. The summed E-state index contributed by atoms with van der Waals surface area (Å²) >= 11 is 9.73. The first-order valence-corrected chi connectivity index (χ1v) is 9.31. The number of nitrogens with zero attached hydrogens (tertiary/aromatic N) is 2. The van der Waals surface area contributed by atoms with E-state index in [1.807, 2.05) is 18.2 Å². The van der Waals surface area contributed by atoms with Crippen molar-refractivity contribution in [3.05, 3.63) is 28.8 Å². The number of benzene rings is 1. The van der Waals surface area contributed by atoms with Gasteiger partial charge in [-0.3, -0.25) is 0 Å². The fourth-order valence-corrected chi connectivity index (χ4v) is 3.86. The van der Waals surface area contributed by atoms with Gasteiger partial charge >= 0.3 is 0 Å². The Bertz CT molecular complexity index is 557. The zero-order valence-electron chi connectivity index (χ0n) is 10.6. The monoisotopic (exact) mass is 366 g/mol. The van der Waals surface area contributed by atoms with Crippen LogP contribution in [-0.4, -0.2) is 45.2 Å². The third-order valence-electron chi connectivity index (χ3n) is 3.24. The number of piperazine rings is 1. The Hall–Kier alpha value is -0.300. The van der Waals surface area contributed by atoms with Crippen LogP contribution in [0.1, 0.15) is 5.56 Å². The number of halogens is 2. The summed E-state index contributed by atoms with van der Waals surface area (Å²) in [5.41, 5.74) is 2.13. The van der Waals surface area contributed by atoms with Crippen LogP contribution in [-0.2, 0) is 15.4 Å². The smallest absolute Gasteiger partial charge is 0.211 e. The molecule has 7 heteroatoms. The third kappa shape index (κ3) is 3.42. The van der Waals surface area contributed by atoms with E-state index in [0.29, 0.717) is 31.2 Å². The second-order valence-electron chi connectivity index (χ2n) is 4.53. The molecule has 106 valence electrons. The Labute approximate surface area is 127 Å². The maximum absolute atomic E-state index is 11.5. The van der Waals surface area contributed by atoms with E-state index in [-0.39, 0.29) is 0 Å². The molecule has 1 aliphatic heterocycles. The van der Waals surface area contributed by atoms with Gasteiger partial charge < -0.3 is 4.90 Å². The average Bonchev–Trinajstić information content (AvgIpc) is 2.37. The summed E-state index contributed by atoms with van der Waals surface area (Å²) in [4.78, 5) is 2.15. The number of alkyl halides is 1. The number of sulfonamides is 1. The average molecular weight is 368 g/mol. The molecule has 0 radical (unpaired) electrons. The first-order valence-electron chi connectivity index (χ1n) is 5.97. The van der Waals surface area contributed by atoms with Gasteiger partial charge in [0.1, 0.15) is 0 Å². The Kier molecular flexibility index (Phi) is 4.76. The fraction of sp³-hybridized carbons (Fsp3) is 0.500. The predicted octanol–water partition coefficient (Wildman–Crippen LogP) is 2.32. The van der Waals surface area contributed by atoms with Gasteiger partial charge in [-0.2, -0.15) is 4.31 Å². The van der Waals surface area contributed by atoms with E-state index >= 15 is 0 Å². The van der Waals surface area contributed by atoms with E-state index < -0.39 is 10.0 Å². The highest BCUT2D eigenvalue weighted by Crippen LogP contribution is 2.32. The van der Waals surface area contributed by atoms with Gasteiger partial charge in [-0.1, -0.05) is 39.7 Å². The zero-order valence-corrected chi connectivity index (χ0v) is 13.8. The van der Waals surface area contributed by atoms with Crippen molar-refractivity contribution >= 4 is 43.2 Å². The van der Waals surface area contributed by atoms with Gasteiger partial charge in [0.05, 0.1) is 17.0 Å². The summed E-state index contributed by atoms with van der Waals surface area (Å²) < 4.78 is 24.5. The highest BCUT2D eigenvalue weighted by atomic mass is 79.9. The highest BCUT2D eigenvalue weighted by molar-refractivity contribution is 9.08. The largest absolute Gasteiger partial charge is 0.367 e. The molecule has 0 atom stereocenters.